The number of ether oxygens (including phenoxy) is 1. The van der Waals surface area contributed by atoms with Gasteiger partial charge >= 0.3 is 0 Å². The van der Waals surface area contributed by atoms with E-state index in [2.05, 4.69) is 15.4 Å². The van der Waals surface area contributed by atoms with E-state index in [9.17, 15) is 4.79 Å². The highest BCUT2D eigenvalue weighted by Gasteiger charge is 2.11. The van der Waals surface area contributed by atoms with E-state index in [0.29, 0.717) is 11.6 Å². The number of benzene rings is 1. The van der Waals surface area contributed by atoms with Crippen molar-refractivity contribution in [2.24, 2.45) is 0 Å². The van der Waals surface area contributed by atoms with E-state index < -0.39 is 0 Å². The van der Waals surface area contributed by atoms with E-state index >= 15 is 0 Å². The molecule has 0 aliphatic heterocycles. The Morgan fingerprint density at radius 1 is 1.33 bits per heavy atom. The number of para-hydroxylation sites is 1. The first-order valence-electron chi connectivity index (χ1n) is 7.62. The Morgan fingerprint density at radius 3 is 3.00 bits per heavy atom. The van der Waals surface area contributed by atoms with Gasteiger partial charge in [-0.15, -0.1) is 11.3 Å². The lowest BCUT2D eigenvalue weighted by molar-refractivity contribution is -0.116. The molecule has 6 nitrogen and oxygen atoms in total. The maximum atomic E-state index is 12.0. The van der Waals surface area contributed by atoms with Gasteiger partial charge in [0.25, 0.3) is 0 Å². The summed E-state index contributed by atoms with van der Waals surface area (Å²) in [5.74, 6) is 0.725. The Labute approximate surface area is 144 Å². The lowest BCUT2D eigenvalue weighted by atomic mass is 10.1. The molecule has 1 aromatic carbocycles. The summed E-state index contributed by atoms with van der Waals surface area (Å²) in [4.78, 5) is 16.5. The molecule has 0 saturated carbocycles. The summed E-state index contributed by atoms with van der Waals surface area (Å²) in [6, 6.07) is 9.56. The van der Waals surface area contributed by atoms with Gasteiger partial charge in [0.1, 0.15) is 5.75 Å². The average Bonchev–Trinajstić information content (AvgIpc) is 3.27. The van der Waals surface area contributed by atoms with Crippen LogP contribution in [0.2, 0.25) is 0 Å². The number of anilines is 1. The topological polar surface area (TPSA) is 69.0 Å². The fraction of sp³-hybridized carbons (Fsp3) is 0.235. The van der Waals surface area contributed by atoms with Crippen LogP contribution in [0.25, 0.3) is 11.3 Å². The highest BCUT2D eigenvalue weighted by Crippen LogP contribution is 2.31. The Kier molecular flexibility index (Phi) is 5.22. The SMILES string of the molecule is COc1ccccc1-c1csc(NC(=O)CCCn2cccn2)n1. The standard InChI is InChI=1S/C17H18N4O2S/c1-23-15-7-3-2-6-13(15)14-12-24-17(19-14)20-16(22)8-4-10-21-11-5-9-18-21/h2-3,5-7,9,11-12H,4,8,10H2,1H3,(H,19,20,22). The zero-order chi connectivity index (χ0) is 16.8. The second-order valence-electron chi connectivity index (χ2n) is 5.16. The molecule has 2 heterocycles. The van der Waals surface area contributed by atoms with Gasteiger partial charge in [0.05, 0.1) is 12.8 Å². The van der Waals surface area contributed by atoms with Gasteiger partial charge in [0.2, 0.25) is 5.91 Å². The minimum absolute atomic E-state index is 0.0388. The number of carbonyl (C=O) groups excluding carboxylic acids is 1. The quantitative estimate of drug-likeness (QED) is 0.714. The molecule has 1 amide bonds. The molecule has 0 spiro atoms. The number of aryl methyl sites for hydroxylation is 1. The molecule has 7 heteroatoms. The van der Waals surface area contributed by atoms with Crippen LogP contribution in [0.3, 0.4) is 0 Å². The van der Waals surface area contributed by atoms with Crippen LogP contribution in [0.1, 0.15) is 12.8 Å². The Morgan fingerprint density at radius 2 is 2.21 bits per heavy atom. The third kappa shape index (κ3) is 3.99. The van der Waals surface area contributed by atoms with Crippen molar-refractivity contribution < 1.29 is 9.53 Å². The number of methoxy groups -OCH3 is 1. The summed E-state index contributed by atoms with van der Waals surface area (Å²) in [5, 5.41) is 9.47. The van der Waals surface area contributed by atoms with Crippen molar-refractivity contribution in [3.05, 3.63) is 48.1 Å². The molecule has 124 valence electrons. The van der Waals surface area contributed by atoms with Crippen LogP contribution in [0.4, 0.5) is 5.13 Å². The maximum absolute atomic E-state index is 12.0. The monoisotopic (exact) mass is 342 g/mol. The highest BCUT2D eigenvalue weighted by molar-refractivity contribution is 7.14. The van der Waals surface area contributed by atoms with Gasteiger partial charge in [-0.2, -0.15) is 5.10 Å². The number of nitrogens with one attached hydrogen (secondary N) is 1. The van der Waals surface area contributed by atoms with Gasteiger partial charge in [-0.1, -0.05) is 12.1 Å². The first kappa shape index (κ1) is 16.2. The normalized spacial score (nSPS) is 10.5. The molecule has 1 N–H and O–H groups in total. The number of nitrogens with zero attached hydrogens (tertiary/aromatic N) is 3. The summed E-state index contributed by atoms with van der Waals surface area (Å²) in [5.41, 5.74) is 1.71. The van der Waals surface area contributed by atoms with Crippen LogP contribution in [-0.4, -0.2) is 27.8 Å². The minimum atomic E-state index is -0.0388. The number of carbonyl (C=O) groups is 1. The summed E-state index contributed by atoms with van der Waals surface area (Å²) in [6.45, 7) is 0.727. The Balaban J connectivity index is 1.56. The zero-order valence-corrected chi connectivity index (χ0v) is 14.1. The summed E-state index contributed by atoms with van der Waals surface area (Å²) < 4.78 is 7.16. The molecule has 0 saturated heterocycles. The average molecular weight is 342 g/mol. The first-order chi connectivity index (χ1) is 11.8. The summed E-state index contributed by atoms with van der Waals surface area (Å²) in [6.07, 6.45) is 4.79. The summed E-state index contributed by atoms with van der Waals surface area (Å²) in [7, 11) is 1.63. The van der Waals surface area contributed by atoms with Crippen molar-refractivity contribution >= 4 is 22.4 Å². The number of thiazole rings is 1. The summed E-state index contributed by atoms with van der Waals surface area (Å²) >= 11 is 1.41. The van der Waals surface area contributed by atoms with Gasteiger partial charge < -0.3 is 10.1 Å². The van der Waals surface area contributed by atoms with Gasteiger partial charge in [0.15, 0.2) is 5.13 Å². The van der Waals surface area contributed by atoms with Crippen LogP contribution < -0.4 is 10.1 Å². The molecule has 0 atom stereocenters. The second kappa shape index (κ2) is 7.74. The van der Waals surface area contributed by atoms with Crippen molar-refractivity contribution in [2.45, 2.75) is 19.4 Å². The van der Waals surface area contributed by atoms with Crippen molar-refractivity contribution in [3.63, 3.8) is 0 Å². The van der Waals surface area contributed by atoms with Gasteiger partial charge in [-0.05, 0) is 24.6 Å². The van der Waals surface area contributed by atoms with Crippen molar-refractivity contribution in [3.8, 4) is 17.0 Å². The van der Waals surface area contributed by atoms with Crippen molar-refractivity contribution in [1.82, 2.24) is 14.8 Å². The number of rotatable bonds is 7. The fourth-order valence-corrected chi connectivity index (χ4v) is 3.05. The Bertz CT molecular complexity index is 799. The Hall–Kier alpha value is -2.67. The molecular formula is C17H18N4O2S. The molecule has 0 aliphatic rings. The highest BCUT2D eigenvalue weighted by atomic mass is 32.1. The lowest BCUT2D eigenvalue weighted by Crippen LogP contribution is -2.12. The van der Waals surface area contributed by atoms with Gasteiger partial charge in [0, 0.05) is 36.3 Å². The van der Waals surface area contributed by atoms with Crippen molar-refractivity contribution in [1.29, 1.82) is 0 Å². The molecule has 3 rings (SSSR count). The first-order valence-corrected chi connectivity index (χ1v) is 8.50. The smallest absolute Gasteiger partial charge is 0.226 e. The van der Waals surface area contributed by atoms with E-state index in [-0.39, 0.29) is 5.91 Å². The molecule has 3 aromatic rings. The third-order valence-electron chi connectivity index (χ3n) is 3.48. The van der Waals surface area contributed by atoms with E-state index in [1.807, 2.05) is 46.6 Å². The molecule has 24 heavy (non-hydrogen) atoms. The molecule has 0 radical (unpaired) electrons. The third-order valence-corrected chi connectivity index (χ3v) is 4.24. The largest absolute Gasteiger partial charge is 0.496 e. The molecule has 0 unspecified atom stereocenters. The van der Waals surface area contributed by atoms with Crippen LogP contribution in [0.15, 0.2) is 48.1 Å². The van der Waals surface area contributed by atoms with E-state index in [1.165, 1.54) is 11.3 Å². The van der Waals surface area contributed by atoms with Gasteiger partial charge in [-0.25, -0.2) is 4.98 Å². The number of hydrogen-bond donors (Lipinski definition) is 1. The molecule has 2 aromatic heterocycles. The predicted octanol–water partition coefficient (Wildman–Crippen LogP) is 3.43. The van der Waals surface area contributed by atoms with Crippen molar-refractivity contribution in [2.75, 3.05) is 12.4 Å². The molecule has 0 aliphatic carbocycles. The number of amides is 1. The number of hydrogen-bond acceptors (Lipinski definition) is 5. The van der Waals surface area contributed by atoms with Gasteiger partial charge in [-0.3, -0.25) is 9.48 Å². The fourth-order valence-electron chi connectivity index (χ4n) is 2.33. The molecule has 0 bridgehead atoms. The number of aromatic nitrogens is 3. The minimum Gasteiger partial charge on any atom is -0.496 e. The maximum Gasteiger partial charge on any atom is 0.226 e. The van der Waals surface area contributed by atoms with Crippen LogP contribution >= 0.6 is 11.3 Å². The van der Waals surface area contributed by atoms with Crippen LogP contribution in [0, 0.1) is 0 Å². The zero-order valence-electron chi connectivity index (χ0n) is 13.3. The lowest BCUT2D eigenvalue weighted by Gasteiger charge is -2.05. The second-order valence-corrected chi connectivity index (χ2v) is 6.02. The van der Waals surface area contributed by atoms with E-state index in [1.54, 1.807) is 13.3 Å². The van der Waals surface area contributed by atoms with Crippen LogP contribution in [0.5, 0.6) is 5.75 Å². The molecule has 0 fully saturated rings. The van der Waals surface area contributed by atoms with E-state index in [0.717, 1.165) is 30.0 Å². The molecular weight excluding hydrogens is 324 g/mol. The van der Waals surface area contributed by atoms with E-state index in [4.69, 9.17) is 4.74 Å². The van der Waals surface area contributed by atoms with Crippen LogP contribution in [-0.2, 0) is 11.3 Å². The predicted molar refractivity (Wildman–Crippen MR) is 94.2 cm³/mol.